The highest BCUT2D eigenvalue weighted by Crippen LogP contribution is 2.01. The van der Waals surface area contributed by atoms with Gasteiger partial charge in [0, 0.05) is 0 Å². The highest BCUT2D eigenvalue weighted by Gasteiger charge is 1.98. The third-order valence-electron chi connectivity index (χ3n) is 0.805. The Balaban J connectivity index is 2.86. The summed E-state index contributed by atoms with van der Waals surface area (Å²) in [6, 6.07) is 0. The molecule has 4 heteroatoms. The molecule has 9 heavy (non-hydrogen) atoms. The second-order valence-corrected chi connectivity index (χ2v) is 1.68. The SMILES string of the molecule is O=Cc1coc(CCl)n1. The average Bonchev–Trinajstić information content (AvgIpc) is 2.34. The van der Waals surface area contributed by atoms with E-state index in [0.717, 1.165) is 0 Å². The lowest BCUT2D eigenvalue weighted by Gasteiger charge is -1.76. The first-order valence-corrected chi connectivity index (χ1v) is 2.86. The van der Waals surface area contributed by atoms with Crippen LogP contribution in [0.3, 0.4) is 0 Å². The lowest BCUT2D eigenvalue weighted by Crippen LogP contribution is -1.79. The van der Waals surface area contributed by atoms with Crippen molar-refractivity contribution < 1.29 is 9.21 Å². The minimum absolute atomic E-state index is 0.202. The summed E-state index contributed by atoms with van der Waals surface area (Å²) < 4.78 is 4.73. The molecular formula is C5H4ClNO2. The smallest absolute Gasteiger partial charge is 0.209 e. The number of carbonyl (C=O) groups excluding carboxylic acids is 1. The van der Waals surface area contributed by atoms with Gasteiger partial charge in [-0.3, -0.25) is 4.79 Å². The summed E-state index contributed by atoms with van der Waals surface area (Å²) in [6.07, 6.45) is 1.88. The number of carbonyl (C=O) groups is 1. The highest BCUT2D eigenvalue weighted by molar-refractivity contribution is 6.16. The van der Waals surface area contributed by atoms with Gasteiger partial charge in [-0.05, 0) is 0 Å². The molecule has 3 nitrogen and oxygen atoms in total. The van der Waals surface area contributed by atoms with Gasteiger partial charge >= 0.3 is 0 Å². The Morgan fingerprint density at radius 2 is 2.67 bits per heavy atom. The molecule has 1 aromatic rings. The van der Waals surface area contributed by atoms with Gasteiger partial charge < -0.3 is 4.42 Å². The van der Waals surface area contributed by atoms with Gasteiger partial charge in [-0.15, -0.1) is 11.6 Å². The minimum atomic E-state index is 0.202. The molecule has 0 amide bonds. The largest absolute Gasteiger partial charge is 0.447 e. The van der Waals surface area contributed by atoms with Crippen LogP contribution in [0, 0.1) is 0 Å². The van der Waals surface area contributed by atoms with Gasteiger partial charge in [-0.1, -0.05) is 0 Å². The number of alkyl halides is 1. The number of hydrogen-bond donors (Lipinski definition) is 0. The number of aldehydes is 1. The van der Waals surface area contributed by atoms with E-state index in [4.69, 9.17) is 16.0 Å². The van der Waals surface area contributed by atoms with Gasteiger partial charge in [0.1, 0.15) is 12.0 Å². The summed E-state index contributed by atoms with van der Waals surface area (Å²) in [6.45, 7) is 0. The molecule has 0 spiro atoms. The molecule has 0 saturated heterocycles. The van der Waals surface area contributed by atoms with Gasteiger partial charge in [0.05, 0.1) is 5.88 Å². The summed E-state index contributed by atoms with van der Waals surface area (Å²) in [4.78, 5) is 13.7. The predicted octanol–water partition coefficient (Wildman–Crippen LogP) is 1.23. The molecule has 0 aliphatic rings. The molecule has 48 valence electrons. The molecule has 0 bridgehead atoms. The lowest BCUT2D eigenvalue weighted by atomic mass is 10.6. The van der Waals surface area contributed by atoms with Crippen molar-refractivity contribution >= 4 is 17.9 Å². The van der Waals surface area contributed by atoms with Crippen LogP contribution in [0.2, 0.25) is 0 Å². The van der Waals surface area contributed by atoms with E-state index in [1.807, 2.05) is 0 Å². The molecule has 0 aliphatic carbocycles. The predicted molar refractivity (Wildman–Crippen MR) is 31.4 cm³/mol. The summed E-state index contributed by atoms with van der Waals surface area (Å²) >= 11 is 5.33. The van der Waals surface area contributed by atoms with Crippen LogP contribution in [-0.4, -0.2) is 11.3 Å². The van der Waals surface area contributed by atoms with Crippen molar-refractivity contribution in [1.82, 2.24) is 4.98 Å². The summed E-state index contributed by atoms with van der Waals surface area (Å²) in [5.41, 5.74) is 0.283. The first-order chi connectivity index (χ1) is 4.36. The maximum atomic E-state index is 9.97. The number of hydrogen-bond acceptors (Lipinski definition) is 3. The van der Waals surface area contributed by atoms with E-state index in [1.54, 1.807) is 0 Å². The zero-order chi connectivity index (χ0) is 6.69. The zero-order valence-electron chi connectivity index (χ0n) is 4.50. The van der Waals surface area contributed by atoms with Crippen molar-refractivity contribution in [3.8, 4) is 0 Å². The molecule has 0 aliphatic heterocycles. The molecule has 0 N–H and O–H groups in total. The second kappa shape index (κ2) is 2.64. The highest BCUT2D eigenvalue weighted by atomic mass is 35.5. The van der Waals surface area contributed by atoms with Gasteiger partial charge in [0.2, 0.25) is 5.89 Å². The van der Waals surface area contributed by atoms with Gasteiger partial charge in [-0.2, -0.15) is 0 Å². The Bertz CT molecular complexity index is 208. The maximum absolute atomic E-state index is 9.97. The molecule has 1 heterocycles. The Morgan fingerprint density at radius 1 is 1.89 bits per heavy atom. The molecule has 0 atom stereocenters. The summed E-state index contributed by atoms with van der Waals surface area (Å²) in [7, 11) is 0. The third kappa shape index (κ3) is 1.29. The van der Waals surface area contributed by atoms with Crippen molar-refractivity contribution in [3.05, 3.63) is 17.8 Å². The Hall–Kier alpha value is -0.830. The number of rotatable bonds is 2. The fourth-order valence-electron chi connectivity index (χ4n) is 0.441. The third-order valence-corrected chi connectivity index (χ3v) is 1.03. The van der Waals surface area contributed by atoms with Crippen LogP contribution in [0.4, 0.5) is 0 Å². The standard InChI is InChI=1S/C5H4ClNO2/c6-1-5-7-4(2-8)3-9-5/h2-3H,1H2. The van der Waals surface area contributed by atoms with Crippen LogP contribution >= 0.6 is 11.6 Å². The number of nitrogens with zero attached hydrogens (tertiary/aromatic N) is 1. The molecular weight excluding hydrogens is 142 g/mol. The Morgan fingerprint density at radius 3 is 3.00 bits per heavy atom. The number of oxazole rings is 1. The Labute approximate surface area is 56.6 Å². The van der Waals surface area contributed by atoms with Crippen LogP contribution < -0.4 is 0 Å². The molecule has 0 aromatic carbocycles. The fraction of sp³-hybridized carbons (Fsp3) is 0.200. The van der Waals surface area contributed by atoms with Gasteiger partial charge in [-0.25, -0.2) is 4.98 Å². The van der Waals surface area contributed by atoms with E-state index in [2.05, 4.69) is 4.98 Å². The second-order valence-electron chi connectivity index (χ2n) is 1.42. The van der Waals surface area contributed by atoms with Crippen molar-refractivity contribution in [2.75, 3.05) is 0 Å². The van der Waals surface area contributed by atoms with Crippen LogP contribution in [0.5, 0.6) is 0 Å². The topological polar surface area (TPSA) is 43.1 Å². The monoisotopic (exact) mass is 145 g/mol. The van der Waals surface area contributed by atoms with Crippen LogP contribution in [-0.2, 0) is 5.88 Å². The summed E-state index contributed by atoms with van der Waals surface area (Å²) in [5.74, 6) is 0.576. The number of halogens is 1. The van der Waals surface area contributed by atoms with Crippen molar-refractivity contribution in [1.29, 1.82) is 0 Å². The normalized spacial score (nSPS) is 9.44. The minimum Gasteiger partial charge on any atom is -0.447 e. The van der Waals surface area contributed by atoms with E-state index in [9.17, 15) is 4.79 Å². The van der Waals surface area contributed by atoms with E-state index >= 15 is 0 Å². The summed E-state index contributed by atoms with van der Waals surface area (Å²) in [5, 5.41) is 0. The van der Waals surface area contributed by atoms with E-state index in [1.165, 1.54) is 6.26 Å². The molecule has 0 unspecified atom stereocenters. The maximum Gasteiger partial charge on any atom is 0.209 e. The molecule has 1 aromatic heterocycles. The van der Waals surface area contributed by atoms with Crippen LogP contribution in [0.15, 0.2) is 10.7 Å². The van der Waals surface area contributed by atoms with E-state index < -0.39 is 0 Å². The quantitative estimate of drug-likeness (QED) is 0.464. The van der Waals surface area contributed by atoms with Gasteiger partial charge in [0.15, 0.2) is 6.29 Å². The van der Waals surface area contributed by atoms with E-state index in [0.29, 0.717) is 12.2 Å². The molecule has 0 radical (unpaired) electrons. The molecule has 1 rings (SSSR count). The average molecular weight is 146 g/mol. The zero-order valence-corrected chi connectivity index (χ0v) is 5.26. The van der Waals surface area contributed by atoms with E-state index in [-0.39, 0.29) is 11.6 Å². The van der Waals surface area contributed by atoms with Crippen molar-refractivity contribution in [2.24, 2.45) is 0 Å². The Kier molecular flexibility index (Phi) is 1.85. The van der Waals surface area contributed by atoms with Gasteiger partial charge in [0.25, 0.3) is 0 Å². The number of aromatic nitrogens is 1. The van der Waals surface area contributed by atoms with Crippen LogP contribution in [0.25, 0.3) is 0 Å². The first-order valence-electron chi connectivity index (χ1n) is 2.32. The lowest BCUT2D eigenvalue weighted by molar-refractivity contribution is 0.111. The first kappa shape index (κ1) is 6.29. The fourth-order valence-corrected chi connectivity index (χ4v) is 0.563. The molecule has 0 fully saturated rings. The molecule has 0 saturated carbocycles. The van der Waals surface area contributed by atoms with Crippen LogP contribution in [0.1, 0.15) is 16.4 Å². The van der Waals surface area contributed by atoms with Crippen molar-refractivity contribution in [3.63, 3.8) is 0 Å². The van der Waals surface area contributed by atoms with Crippen molar-refractivity contribution in [2.45, 2.75) is 5.88 Å².